The van der Waals surface area contributed by atoms with E-state index < -0.39 is 0 Å². The third-order valence-electron chi connectivity index (χ3n) is 4.09. The van der Waals surface area contributed by atoms with E-state index in [1.54, 1.807) is 7.11 Å². The number of hydrogen-bond acceptors (Lipinski definition) is 3. The highest BCUT2D eigenvalue weighted by Crippen LogP contribution is 2.32. The van der Waals surface area contributed by atoms with E-state index in [0.29, 0.717) is 23.2 Å². The molecule has 0 saturated heterocycles. The SMILES string of the molecule is COc1cc(Cl)c(C)cc1NCC(O)CC1CCCC1. The summed E-state index contributed by atoms with van der Waals surface area (Å²) in [6, 6.07) is 3.77. The van der Waals surface area contributed by atoms with E-state index in [0.717, 1.165) is 17.7 Å². The number of anilines is 1. The van der Waals surface area contributed by atoms with Gasteiger partial charge in [-0.2, -0.15) is 0 Å². The molecule has 0 heterocycles. The van der Waals surface area contributed by atoms with Crippen molar-refractivity contribution in [3.05, 3.63) is 22.7 Å². The Morgan fingerprint density at radius 3 is 2.75 bits per heavy atom. The van der Waals surface area contributed by atoms with Crippen LogP contribution in [-0.4, -0.2) is 24.9 Å². The van der Waals surface area contributed by atoms with Gasteiger partial charge < -0.3 is 15.2 Å². The van der Waals surface area contributed by atoms with Gasteiger partial charge in [0.1, 0.15) is 5.75 Å². The first-order chi connectivity index (χ1) is 9.60. The molecule has 2 rings (SSSR count). The number of halogens is 1. The Balaban J connectivity index is 1.90. The Kier molecular flexibility index (Phi) is 5.55. The number of aliphatic hydroxyl groups excluding tert-OH is 1. The fourth-order valence-electron chi connectivity index (χ4n) is 2.91. The number of nitrogens with one attached hydrogen (secondary N) is 1. The molecule has 1 aromatic carbocycles. The van der Waals surface area contributed by atoms with Crippen molar-refractivity contribution in [2.45, 2.75) is 45.1 Å². The van der Waals surface area contributed by atoms with Crippen molar-refractivity contribution in [2.24, 2.45) is 5.92 Å². The van der Waals surface area contributed by atoms with Gasteiger partial charge in [-0.05, 0) is 30.9 Å². The first-order valence-electron chi connectivity index (χ1n) is 7.36. The van der Waals surface area contributed by atoms with E-state index in [1.807, 2.05) is 19.1 Å². The van der Waals surface area contributed by atoms with Gasteiger partial charge in [-0.3, -0.25) is 0 Å². The number of hydrogen-bond donors (Lipinski definition) is 2. The average molecular weight is 298 g/mol. The lowest BCUT2D eigenvalue weighted by atomic mass is 10.00. The topological polar surface area (TPSA) is 41.5 Å². The number of rotatable bonds is 6. The van der Waals surface area contributed by atoms with Crippen LogP contribution in [0.4, 0.5) is 5.69 Å². The molecule has 4 heteroatoms. The van der Waals surface area contributed by atoms with E-state index in [-0.39, 0.29) is 6.10 Å². The van der Waals surface area contributed by atoms with Crippen molar-refractivity contribution in [2.75, 3.05) is 19.0 Å². The van der Waals surface area contributed by atoms with Gasteiger partial charge in [0.15, 0.2) is 0 Å². The summed E-state index contributed by atoms with van der Waals surface area (Å²) in [4.78, 5) is 0. The smallest absolute Gasteiger partial charge is 0.143 e. The molecule has 1 fully saturated rings. The molecule has 1 atom stereocenters. The van der Waals surface area contributed by atoms with Crippen LogP contribution in [0.15, 0.2) is 12.1 Å². The van der Waals surface area contributed by atoms with Gasteiger partial charge in [0.2, 0.25) is 0 Å². The van der Waals surface area contributed by atoms with Gasteiger partial charge in [0.05, 0.1) is 18.9 Å². The van der Waals surface area contributed by atoms with Gasteiger partial charge in [-0.25, -0.2) is 0 Å². The zero-order chi connectivity index (χ0) is 14.5. The summed E-state index contributed by atoms with van der Waals surface area (Å²) in [5.74, 6) is 1.41. The largest absolute Gasteiger partial charge is 0.495 e. The number of aryl methyl sites for hydroxylation is 1. The average Bonchev–Trinajstić information content (AvgIpc) is 2.92. The molecule has 1 saturated carbocycles. The van der Waals surface area contributed by atoms with Gasteiger partial charge in [0, 0.05) is 17.6 Å². The summed E-state index contributed by atoms with van der Waals surface area (Å²) in [6.45, 7) is 2.51. The van der Waals surface area contributed by atoms with Crippen LogP contribution in [0.25, 0.3) is 0 Å². The summed E-state index contributed by atoms with van der Waals surface area (Å²) in [5.41, 5.74) is 1.89. The van der Waals surface area contributed by atoms with Crippen LogP contribution < -0.4 is 10.1 Å². The molecule has 0 aromatic heterocycles. The normalized spacial score (nSPS) is 17.2. The van der Waals surface area contributed by atoms with Crippen LogP contribution in [0.2, 0.25) is 5.02 Å². The van der Waals surface area contributed by atoms with E-state index >= 15 is 0 Å². The maximum Gasteiger partial charge on any atom is 0.143 e. The Morgan fingerprint density at radius 2 is 2.10 bits per heavy atom. The van der Waals surface area contributed by atoms with Gasteiger partial charge in [-0.1, -0.05) is 37.3 Å². The molecular formula is C16H24ClNO2. The van der Waals surface area contributed by atoms with Gasteiger partial charge in [-0.15, -0.1) is 0 Å². The monoisotopic (exact) mass is 297 g/mol. The van der Waals surface area contributed by atoms with E-state index in [2.05, 4.69) is 5.32 Å². The minimum Gasteiger partial charge on any atom is -0.495 e. The summed E-state index contributed by atoms with van der Waals surface area (Å²) < 4.78 is 5.32. The van der Waals surface area contributed by atoms with Crippen LogP contribution >= 0.6 is 11.6 Å². The van der Waals surface area contributed by atoms with Crippen LogP contribution in [0.3, 0.4) is 0 Å². The minimum absolute atomic E-state index is 0.307. The van der Waals surface area contributed by atoms with Crippen LogP contribution in [0, 0.1) is 12.8 Å². The van der Waals surface area contributed by atoms with E-state index in [1.165, 1.54) is 25.7 Å². The standard InChI is InChI=1S/C16H24ClNO2/c1-11-7-15(16(20-2)9-14(11)17)18-10-13(19)8-12-5-3-4-6-12/h7,9,12-13,18-19H,3-6,8,10H2,1-2H3. The van der Waals surface area contributed by atoms with Crippen molar-refractivity contribution in [1.82, 2.24) is 0 Å². The zero-order valence-electron chi connectivity index (χ0n) is 12.3. The second kappa shape index (κ2) is 7.19. The molecule has 112 valence electrons. The van der Waals surface area contributed by atoms with Gasteiger partial charge >= 0.3 is 0 Å². The lowest BCUT2D eigenvalue weighted by Gasteiger charge is -2.18. The molecule has 1 aromatic rings. The molecular weight excluding hydrogens is 274 g/mol. The molecule has 0 amide bonds. The molecule has 1 unspecified atom stereocenters. The highest BCUT2D eigenvalue weighted by atomic mass is 35.5. The summed E-state index contributed by atoms with van der Waals surface area (Å²) in [7, 11) is 1.63. The van der Waals surface area contributed by atoms with Crippen LogP contribution in [0.1, 0.15) is 37.7 Å². The second-order valence-electron chi connectivity index (χ2n) is 5.72. The quantitative estimate of drug-likeness (QED) is 0.833. The maximum absolute atomic E-state index is 10.1. The van der Waals surface area contributed by atoms with Crippen molar-refractivity contribution in [1.29, 1.82) is 0 Å². The van der Waals surface area contributed by atoms with Gasteiger partial charge in [0.25, 0.3) is 0 Å². The number of ether oxygens (including phenoxy) is 1. The highest BCUT2D eigenvalue weighted by molar-refractivity contribution is 6.31. The van der Waals surface area contributed by atoms with Crippen LogP contribution in [0.5, 0.6) is 5.75 Å². The third-order valence-corrected chi connectivity index (χ3v) is 4.50. The Morgan fingerprint density at radius 1 is 1.40 bits per heavy atom. The molecule has 2 N–H and O–H groups in total. The maximum atomic E-state index is 10.1. The summed E-state index contributed by atoms with van der Waals surface area (Å²) >= 11 is 6.08. The number of aliphatic hydroxyl groups is 1. The first-order valence-corrected chi connectivity index (χ1v) is 7.74. The molecule has 1 aliphatic rings. The summed E-state index contributed by atoms with van der Waals surface area (Å²) in [5, 5.41) is 14.1. The summed E-state index contributed by atoms with van der Waals surface area (Å²) in [6.07, 6.45) is 5.74. The molecule has 3 nitrogen and oxygen atoms in total. The van der Waals surface area contributed by atoms with Crippen LogP contribution in [-0.2, 0) is 0 Å². The van der Waals surface area contributed by atoms with E-state index in [4.69, 9.17) is 16.3 Å². The molecule has 0 aliphatic heterocycles. The lowest BCUT2D eigenvalue weighted by molar-refractivity contribution is 0.155. The van der Waals surface area contributed by atoms with Crippen molar-refractivity contribution >= 4 is 17.3 Å². The second-order valence-corrected chi connectivity index (χ2v) is 6.13. The Hall–Kier alpha value is -0.930. The fraction of sp³-hybridized carbons (Fsp3) is 0.625. The van der Waals surface area contributed by atoms with E-state index in [9.17, 15) is 5.11 Å². The Bertz CT molecular complexity index is 444. The fourth-order valence-corrected chi connectivity index (χ4v) is 3.07. The molecule has 0 radical (unpaired) electrons. The lowest BCUT2D eigenvalue weighted by Crippen LogP contribution is -2.22. The predicted octanol–water partition coefficient (Wildman–Crippen LogP) is 4.01. The Labute approximate surface area is 126 Å². The van der Waals surface area contributed by atoms with Crippen molar-refractivity contribution in [3.63, 3.8) is 0 Å². The molecule has 1 aliphatic carbocycles. The molecule has 0 bridgehead atoms. The zero-order valence-corrected chi connectivity index (χ0v) is 13.0. The van der Waals surface area contributed by atoms with Crippen molar-refractivity contribution in [3.8, 4) is 5.75 Å². The number of benzene rings is 1. The first kappa shape index (κ1) is 15.5. The number of methoxy groups -OCH3 is 1. The molecule has 0 spiro atoms. The van der Waals surface area contributed by atoms with Crippen molar-refractivity contribution < 1.29 is 9.84 Å². The third kappa shape index (κ3) is 4.03. The highest BCUT2D eigenvalue weighted by Gasteiger charge is 2.19. The predicted molar refractivity (Wildman–Crippen MR) is 83.8 cm³/mol. The minimum atomic E-state index is -0.307. The molecule has 20 heavy (non-hydrogen) atoms.